The van der Waals surface area contributed by atoms with Crippen LogP contribution in [0.25, 0.3) is 0 Å². The molecule has 0 aliphatic heterocycles. The van der Waals surface area contributed by atoms with Crippen molar-refractivity contribution >= 4 is 15.9 Å². The second-order valence-corrected chi connectivity index (χ2v) is 4.15. The summed E-state index contributed by atoms with van der Waals surface area (Å²) in [5.74, 6) is 0.643. The fourth-order valence-corrected chi connectivity index (χ4v) is 2.06. The maximum Gasteiger partial charge on any atom is 0.134 e. The first kappa shape index (κ1) is 12.6. The Balaban J connectivity index is 2.34. The van der Waals surface area contributed by atoms with Crippen molar-refractivity contribution in [3.8, 4) is 17.6 Å². The highest BCUT2D eigenvalue weighted by atomic mass is 79.9. The molecule has 0 radical (unpaired) electrons. The van der Waals surface area contributed by atoms with Gasteiger partial charge in [-0.2, -0.15) is 5.26 Å². The van der Waals surface area contributed by atoms with Crippen molar-refractivity contribution in [3.05, 3.63) is 59.4 Å². The highest BCUT2D eigenvalue weighted by molar-refractivity contribution is 9.08. The minimum atomic E-state index is -0.319. The molecule has 2 nitrogen and oxygen atoms in total. The molecule has 0 saturated heterocycles. The zero-order valence-electron chi connectivity index (χ0n) is 9.36. The lowest BCUT2D eigenvalue weighted by atomic mass is 10.2. The molecule has 0 aromatic heterocycles. The van der Waals surface area contributed by atoms with Gasteiger partial charge in [-0.3, -0.25) is 0 Å². The van der Waals surface area contributed by atoms with E-state index in [1.165, 1.54) is 6.07 Å². The lowest BCUT2D eigenvalue weighted by Crippen LogP contribution is -1.93. The molecule has 0 saturated carbocycles. The van der Waals surface area contributed by atoms with E-state index < -0.39 is 0 Å². The minimum Gasteiger partial charge on any atom is -0.457 e. The van der Waals surface area contributed by atoms with Crippen molar-refractivity contribution in [3.63, 3.8) is 0 Å². The zero-order valence-corrected chi connectivity index (χ0v) is 10.9. The molecule has 90 valence electrons. The Morgan fingerprint density at radius 3 is 2.72 bits per heavy atom. The predicted octanol–water partition coefficient (Wildman–Crippen LogP) is 4.38. The molecule has 0 aliphatic carbocycles. The van der Waals surface area contributed by atoms with Gasteiger partial charge in [0, 0.05) is 10.9 Å². The normalized spacial score (nSPS) is 9.83. The Hall–Kier alpha value is -1.86. The minimum absolute atomic E-state index is 0.319. The molecule has 0 amide bonds. The second-order valence-electron chi connectivity index (χ2n) is 3.59. The first-order valence-corrected chi connectivity index (χ1v) is 6.38. The Labute approximate surface area is 113 Å². The average Bonchev–Trinajstić information content (AvgIpc) is 2.39. The number of nitrogens with zero attached hydrogens (tertiary/aromatic N) is 1. The molecule has 0 spiro atoms. The van der Waals surface area contributed by atoms with Crippen molar-refractivity contribution in [2.24, 2.45) is 0 Å². The molecular weight excluding hydrogens is 297 g/mol. The van der Waals surface area contributed by atoms with Gasteiger partial charge in [0.15, 0.2) is 0 Å². The lowest BCUT2D eigenvalue weighted by Gasteiger charge is -2.10. The van der Waals surface area contributed by atoms with E-state index in [1.807, 2.05) is 6.07 Å². The molecule has 2 rings (SSSR count). The molecule has 0 atom stereocenters. The van der Waals surface area contributed by atoms with Crippen LogP contribution in [0.15, 0.2) is 42.5 Å². The van der Waals surface area contributed by atoms with Crippen LogP contribution in [-0.2, 0) is 5.33 Å². The summed E-state index contributed by atoms with van der Waals surface area (Å²) in [6.07, 6.45) is 0. The van der Waals surface area contributed by atoms with Crippen molar-refractivity contribution in [2.45, 2.75) is 5.33 Å². The van der Waals surface area contributed by atoms with Gasteiger partial charge in [-0.1, -0.05) is 28.1 Å². The third-order valence-corrected chi connectivity index (χ3v) is 2.96. The van der Waals surface area contributed by atoms with Gasteiger partial charge in [0.05, 0.1) is 11.6 Å². The molecule has 0 bridgehead atoms. The third-order valence-electron chi connectivity index (χ3n) is 2.40. The molecule has 4 heteroatoms. The molecule has 0 aliphatic rings. The summed E-state index contributed by atoms with van der Waals surface area (Å²) in [6, 6.07) is 13.4. The molecule has 2 aromatic carbocycles. The van der Waals surface area contributed by atoms with E-state index in [4.69, 9.17) is 10.00 Å². The number of halogens is 2. The van der Waals surface area contributed by atoms with Gasteiger partial charge >= 0.3 is 0 Å². The standard InChI is InChI=1S/C14H9BrFNO/c15-8-12-13(16)5-2-6-14(12)18-11-4-1-3-10(7-11)9-17/h1-7H,8H2. The quantitative estimate of drug-likeness (QED) is 0.788. The van der Waals surface area contributed by atoms with E-state index in [9.17, 15) is 4.39 Å². The number of alkyl halides is 1. The monoisotopic (exact) mass is 305 g/mol. The zero-order chi connectivity index (χ0) is 13.0. The van der Waals surface area contributed by atoms with Crippen LogP contribution < -0.4 is 4.74 Å². The Kier molecular flexibility index (Phi) is 3.96. The van der Waals surface area contributed by atoms with Crippen molar-refractivity contribution < 1.29 is 9.13 Å². The van der Waals surface area contributed by atoms with Gasteiger partial charge < -0.3 is 4.74 Å². The Morgan fingerprint density at radius 2 is 2.00 bits per heavy atom. The summed E-state index contributed by atoms with van der Waals surface area (Å²) in [5.41, 5.74) is 0.962. The largest absolute Gasteiger partial charge is 0.457 e. The van der Waals surface area contributed by atoms with Gasteiger partial charge in [0.25, 0.3) is 0 Å². The Morgan fingerprint density at radius 1 is 1.22 bits per heavy atom. The molecule has 18 heavy (non-hydrogen) atoms. The van der Waals surface area contributed by atoms with Gasteiger partial charge in [0.2, 0.25) is 0 Å². The maximum absolute atomic E-state index is 13.5. The van der Waals surface area contributed by atoms with Crippen molar-refractivity contribution in [1.29, 1.82) is 5.26 Å². The third kappa shape index (κ3) is 2.69. The molecule has 2 aromatic rings. The summed E-state index contributed by atoms with van der Waals surface area (Å²) >= 11 is 3.23. The molecule has 0 fully saturated rings. The molecule has 0 heterocycles. The van der Waals surface area contributed by atoms with Crippen LogP contribution in [0.5, 0.6) is 11.5 Å². The summed E-state index contributed by atoms with van der Waals surface area (Å²) in [6.45, 7) is 0. The van der Waals surface area contributed by atoms with Gasteiger partial charge in [-0.25, -0.2) is 4.39 Å². The molecular formula is C14H9BrFNO. The lowest BCUT2D eigenvalue weighted by molar-refractivity contribution is 0.470. The number of hydrogen-bond acceptors (Lipinski definition) is 2. The summed E-state index contributed by atoms with van der Waals surface area (Å²) in [4.78, 5) is 0. The topological polar surface area (TPSA) is 33.0 Å². The van der Waals surface area contributed by atoms with Crippen LogP contribution in [-0.4, -0.2) is 0 Å². The smallest absolute Gasteiger partial charge is 0.134 e. The van der Waals surface area contributed by atoms with E-state index in [0.29, 0.717) is 28.0 Å². The molecule has 0 N–H and O–H groups in total. The van der Waals surface area contributed by atoms with Crippen molar-refractivity contribution in [1.82, 2.24) is 0 Å². The van der Waals surface area contributed by atoms with Gasteiger partial charge in [-0.05, 0) is 30.3 Å². The van der Waals surface area contributed by atoms with E-state index >= 15 is 0 Å². The fourth-order valence-electron chi connectivity index (χ4n) is 1.52. The fraction of sp³-hybridized carbons (Fsp3) is 0.0714. The summed E-state index contributed by atoms with van der Waals surface area (Å²) < 4.78 is 19.1. The number of hydrogen-bond donors (Lipinski definition) is 0. The highest BCUT2D eigenvalue weighted by Gasteiger charge is 2.09. The van der Waals surface area contributed by atoms with Gasteiger partial charge in [-0.15, -0.1) is 0 Å². The van der Waals surface area contributed by atoms with Crippen LogP contribution in [0.4, 0.5) is 4.39 Å². The van der Waals surface area contributed by atoms with Crippen LogP contribution in [0.2, 0.25) is 0 Å². The van der Waals surface area contributed by atoms with Crippen LogP contribution in [0.3, 0.4) is 0 Å². The summed E-state index contributed by atoms with van der Waals surface area (Å²) in [5, 5.41) is 9.17. The average molecular weight is 306 g/mol. The van der Waals surface area contributed by atoms with E-state index in [1.54, 1.807) is 36.4 Å². The van der Waals surface area contributed by atoms with E-state index in [-0.39, 0.29) is 5.82 Å². The highest BCUT2D eigenvalue weighted by Crippen LogP contribution is 2.29. The van der Waals surface area contributed by atoms with Gasteiger partial charge in [0.1, 0.15) is 17.3 Å². The SMILES string of the molecule is N#Cc1cccc(Oc2cccc(F)c2CBr)c1. The van der Waals surface area contributed by atoms with Crippen LogP contribution in [0.1, 0.15) is 11.1 Å². The summed E-state index contributed by atoms with van der Waals surface area (Å²) in [7, 11) is 0. The number of nitriles is 1. The van der Waals surface area contributed by atoms with Crippen LogP contribution >= 0.6 is 15.9 Å². The maximum atomic E-state index is 13.5. The van der Waals surface area contributed by atoms with E-state index in [2.05, 4.69) is 15.9 Å². The van der Waals surface area contributed by atoms with Crippen LogP contribution in [0, 0.1) is 17.1 Å². The van der Waals surface area contributed by atoms with E-state index in [0.717, 1.165) is 0 Å². The number of benzene rings is 2. The number of rotatable bonds is 3. The molecule has 0 unspecified atom stereocenters. The van der Waals surface area contributed by atoms with Crippen molar-refractivity contribution in [2.75, 3.05) is 0 Å². The first-order valence-electron chi connectivity index (χ1n) is 5.26. The predicted molar refractivity (Wildman–Crippen MR) is 70.3 cm³/mol. The Bertz CT molecular complexity index is 607. The first-order chi connectivity index (χ1) is 8.74. The second kappa shape index (κ2) is 5.65. The number of ether oxygens (including phenoxy) is 1.